The van der Waals surface area contributed by atoms with Gasteiger partial charge in [0.25, 0.3) is 0 Å². The Hall–Kier alpha value is -2.14. The van der Waals surface area contributed by atoms with E-state index in [2.05, 4.69) is 106 Å². The summed E-state index contributed by atoms with van der Waals surface area (Å²) in [5, 5.41) is 4.24. The summed E-state index contributed by atoms with van der Waals surface area (Å²) in [7, 11) is 0. The van der Waals surface area contributed by atoms with Crippen molar-refractivity contribution in [3.05, 3.63) is 133 Å². The summed E-state index contributed by atoms with van der Waals surface area (Å²) in [6.07, 6.45) is 11.7. The minimum absolute atomic E-state index is 0.0553. The Morgan fingerprint density at radius 1 is 0.679 bits per heavy atom. The maximum atomic E-state index is 12.4. The van der Waals surface area contributed by atoms with Gasteiger partial charge in [-0.3, -0.25) is 14.8 Å². The van der Waals surface area contributed by atoms with Crippen LogP contribution in [-0.4, -0.2) is 47.0 Å². The smallest absolute Gasteiger partial charge is 0.225 e. The third-order valence-corrected chi connectivity index (χ3v) is 13.0. The lowest BCUT2D eigenvalue weighted by molar-refractivity contribution is -0.134. The van der Waals surface area contributed by atoms with Gasteiger partial charge in [0.2, 0.25) is 5.91 Å². The zero-order chi connectivity index (χ0) is 37.4. The highest BCUT2D eigenvalue weighted by Crippen LogP contribution is 2.44. The molecule has 0 unspecified atom stereocenters. The molecule has 4 aliphatic rings. The van der Waals surface area contributed by atoms with Gasteiger partial charge >= 0.3 is 0 Å². The van der Waals surface area contributed by atoms with E-state index in [0.29, 0.717) is 0 Å². The fraction of sp³-hybridized carbons (Fsp3) is 0.372. The molecule has 2 aliphatic carbocycles. The Morgan fingerprint density at radius 3 is 1.72 bits per heavy atom. The van der Waals surface area contributed by atoms with Crippen LogP contribution in [-0.2, 0) is 30.5 Å². The Bertz CT molecular complexity index is 2140. The lowest BCUT2D eigenvalue weighted by Gasteiger charge is -2.31. The van der Waals surface area contributed by atoms with Gasteiger partial charge in [0.1, 0.15) is 0 Å². The van der Waals surface area contributed by atoms with Crippen LogP contribution in [0.4, 0.5) is 0 Å². The number of pyridine rings is 2. The van der Waals surface area contributed by atoms with E-state index in [1.165, 1.54) is 61.2 Å². The zero-order valence-electron chi connectivity index (χ0n) is 30.3. The second-order valence-electron chi connectivity index (χ2n) is 14.7. The highest BCUT2D eigenvalue weighted by atomic mass is 79.9. The van der Waals surface area contributed by atoms with Crippen LogP contribution in [0.2, 0.25) is 5.02 Å². The maximum Gasteiger partial charge on any atom is 0.225 e. The average molecular weight is 987 g/mol. The molecule has 2 fully saturated rings. The van der Waals surface area contributed by atoms with Crippen molar-refractivity contribution in [1.82, 2.24) is 20.2 Å². The van der Waals surface area contributed by atoms with Crippen LogP contribution in [0, 0.1) is 12.8 Å². The number of nitrogens with one attached hydrogen (secondary N) is 1. The second kappa shape index (κ2) is 16.9. The van der Waals surface area contributed by atoms with Crippen molar-refractivity contribution in [3.8, 4) is 0 Å². The predicted molar refractivity (Wildman–Crippen MR) is 232 cm³/mol. The molecule has 4 heterocycles. The lowest BCUT2D eigenvalue weighted by Crippen LogP contribution is -2.39. The Kier molecular flexibility index (Phi) is 12.5. The van der Waals surface area contributed by atoms with E-state index in [1.807, 2.05) is 37.2 Å². The minimum Gasteiger partial charge on any atom is -0.342 e. The highest BCUT2D eigenvalue weighted by molar-refractivity contribution is 9.11. The second-order valence-corrected chi connectivity index (χ2v) is 18.7. The van der Waals surface area contributed by atoms with Crippen molar-refractivity contribution in [3.63, 3.8) is 0 Å². The van der Waals surface area contributed by atoms with E-state index in [1.54, 1.807) is 0 Å². The number of aryl methyl sites for hydroxylation is 5. The number of halogens is 5. The molecule has 276 valence electrons. The van der Waals surface area contributed by atoms with Gasteiger partial charge in [0.15, 0.2) is 0 Å². The number of likely N-dealkylation sites (tertiary alicyclic amines) is 1. The first-order valence-corrected chi connectivity index (χ1v) is 22.0. The van der Waals surface area contributed by atoms with Crippen molar-refractivity contribution < 1.29 is 4.79 Å². The van der Waals surface area contributed by atoms with E-state index >= 15 is 0 Å². The quantitative estimate of drug-likeness (QED) is 0.206. The number of aromatic nitrogens is 2. The Labute approximate surface area is 352 Å². The maximum absolute atomic E-state index is 12.4. The van der Waals surface area contributed by atoms with Crippen molar-refractivity contribution in [2.24, 2.45) is 5.92 Å². The van der Waals surface area contributed by atoms with Gasteiger partial charge in [-0.2, -0.15) is 0 Å². The summed E-state index contributed by atoms with van der Waals surface area (Å²) in [5.74, 6) is 0.314. The van der Waals surface area contributed by atoms with Gasteiger partial charge in [-0.05, 0) is 161 Å². The van der Waals surface area contributed by atoms with Crippen LogP contribution in [0.15, 0.2) is 77.8 Å². The molecule has 2 aromatic heterocycles. The molecule has 1 amide bonds. The average Bonchev–Trinajstić information content (AvgIpc) is 3.40. The Balaban J connectivity index is 0.000000167. The number of carbonyl (C=O) groups excluding carboxylic acids is 1. The molecule has 0 atom stereocenters. The number of hydrogen-bond acceptors (Lipinski definition) is 4. The van der Waals surface area contributed by atoms with Crippen LogP contribution in [0.1, 0.15) is 89.9 Å². The van der Waals surface area contributed by atoms with Gasteiger partial charge in [0, 0.05) is 76.6 Å². The van der Waals surface area contributed by atoms with Crippen LogP contribution >= 0.6 is 75.3 Å². The molecule has 0 bridgehead atoms. The molecule has 2 aliphatic heterocycles. The first-order chi connectivity index (χ1) is 25.5. The predicted octanol–water partition coefficient (Wildman–Crippen LogP) is 11.6. The molecule has 1 N–H and O–H groups in total. The standard InChI is InChI=1S/C24H26Br2N2O.C19H17Br2ClN2/c1-14(2)24(29)28-8-6-16(7-9-28)22-21-17(10-15(3)11-20(21)26)4-5-18-12-19(25)13-27-23(18)22;20-14-7-13-2-1-12-8-15(22)9-16(21)17(12)18(19(13)24-10-14)11-3-5-23-6-4-11/h10-14H,4-9H2,1-3H3;7-10,23H,1-6H2. The molecule has 0 radical (unpaired) electrons. The topological polar surface area (TPSA) is 58.1 Å². The monoisotopic (exact) mass is 982 g/mol. The third kappa shape index (κ3) is 8.51. The van der Waals surface area contributed by atoms with Crippen LogP contribution < -0.4 is 5.32 Å². The third-order valence-electron chi connectivity index (χ3n) is 10.7. The van der Waals surface area contributed by atoms with E-state index in [0.717, 1.165) is 112 Å². The normalized spacial score (nSPS) is 16.9. The van der Waals surface area contributed by atoms with Crippen LogP contribution in [0.3, 0.4) is 0 Å². The van der Waals surface area contributed by atoms with E-state index in [-0.39, 0.29) is 11.8 Å². The summed E-state index contributed by atoms with van der Waals surface area (Å²) < 4.78 is 4.29. The number of rotatable bonds is 1. The zero-order valence-corrected chi connectivity index (χ0v) is 37.4. The number of amides is 1. The molecular formula is C43H43Br4ClN4O. The van der Waals surface area contributed by atoms with Crippen molar-refractivity contribution in [1.29, 1.82) is 0 Å². The SMILES string of the molecule is Cc1cc(Br)c2c(c1)CCc1cc(Br)cnc1C2=C1CCN(C(=O)C(C)C)CC1.Clc1cc(Br)c2c(c1)CCc1cc(Br)cnc1C2=C1CCNCC1. The molecule has 2 aromatic carbocycles. The fourth-order valence-electron chi connectivity index (χ4n) is 8.24. The van der Waals surface area contributed by atoms with Crippen LogP contribution in [0.5, 0.6) is 0 Å². The molecule has 0 spiro atoms. The van der Waals surface area contributed by atoms with E-state index in [9.17, 15) is 4.79 Å². The lowest BCUT2D eigenvalue weighted by atomic mass is 9.88. The summed E-state index contributed by atoms with van der Waals surface area (Å²) in [4.78, 5) is 24.2. The van der Waals surface area contributed by atoms with Crippen LogP contribution in [0.25, 0.3) is 11.1 Å². The first kappa shape index (κ1) is 39.1. The highest BCUT2D eigenvalue weighted by Gasteiger charge is 2.29. The van der Waals surface area contributed by atoms with Gasteiger partial charge in [-0.15, -0.1) is 0 Å². The summed E-state index contributed by atoms with van der Waals surface area (Å²) in [5.41, 5.74) is 16.9. The molecule has 53 heavy (non-hydrogen) atoms. The summed E-state index contributed by atoms with van der Waals surface area (Å²) in [6, 6.07) is 13.1. The molecule has 8 rings (SSSR count). The van der Waals surface area contributed by atoms with Gasteiger partial charge < -0.3 is 10.2 Å². The van der Waals surface area contributed by atoms with Gasteiger partial charge in [0.05, 0.1) is 11.4 Å². The molecular weight excluding hydrogens is 944 g/mol. The molecule has 5 nitrogen and oxygen atoms in total. The van der Waals surface area contributed by atoms with Gasteiger partial charge in [-0.1, -0.05) is 74.5 Å². The van der Waals surface area contributed by atoms with Crippen molar-refractivity contribution >= 4 is 92.4 Å². The Morgan fingerprint density at radius 2 is 1.17 bits per heavy atom. The summed E-state index contributed by atoms with van der Waals surface area (Å²) >= 11 is 21.1. The number of hydrogen-bond donors (Lipinski definition) is 1. The number of carbonyl (C=O) groups is 1. The molecule has 2 saturated heterocycles. The molecule has 0 saturated carbocycles. The molecule has 4 aromatic rings. The number of nitrogens with zero attached hydrogens (tertiary/aromatic N) is 3. The fourth-order valence-corrected chi connectivity index (χ4v) is 10.9. The minimum atomic E-state index is 0.0553. The summed E-state index contributed by atoms with van der Waals surface area (Å²) in [6.45, 7) is 9.77. The number of piperidine rings is 2. The number of benzene rings is 2. The first-order valence-electron chi connectivity index (χ1n) is 18.5. The van der Waals surface area contributed by atoms with Gasteiger partial charge in [-0.25, -0.2) is 0 Å². The van der Waals surface area contributed by atoms with E-state index in [4.69, 9.17) is 21.6 Å². The molecule has 10 heteroatoms. The van der Waals surface area contributed by atoms with Crippen molar-refractivity contribution in [2.75, 3.05) is 26.2 Å². The number of fused-ring (bicyclic) bond motifs is 4. The van der Waals surface area contributed by atoms with Crippen molar-refractivity contribution in [2.45, 2.75) is 72.1 Å². The van der Waals surface area contributed by atoms with E-state index < -0.39 is 0 Å². The largest absolute Gasteiger partial charge is 0.342 e.